The third-order valence-corrected chi connectivity index (χ3v) is 5.47. The van der Waals surface area contributed by atoms with E-state index in [1.54, 1.807) is 36.4 Å². The lowest BCUT2D eigenvalue weighted by molar-refractivity contribution is -0.384. The zero-order valence-corrected chi connectivity index (χ0v) is 17.9. The van der Waals surface area contributed by atoms with Crippen molar-refractivity contribution < 1.29 is 14.5 Å². The molecule has 33 heavy (non-hydrogen) atoms. The van der Waals surface area contributed by atoms with Crippen LogP contribution in [0.1, 0.15) is 15.9 Å². The highest BCUT2D eigenvalue weighted by atomic mass is 32.1. The summed E-state index contributed by atoms with van der Waals surface area (Å²) in [6, 6.07) is 21.9. The maximum Gasteiger partial charge on any atom is 0.269 e. The Bertz CT molecular complexity index is 1310. The highest BCUT2D eigenvalue weighted by Crippen LogP contribution is 2.28. The molecule has 0 fully saturated rings. The predicted octanol–water partition coefficient (Wildman–Crippen LogP) is 4.55. The van der Waals surface area contributed by atoms with Crippen molar-refractivity contribution in [1.29, 1.82) is 0 Å². The summed E-state index contributed by atoms with van der Waals surface area (Å²) in [6.45, 7) is 0. The number of carbonyl (C=O) groups excluding carboxylic acids is 2. The molecule has 0 aliphatic rings. The van der Waals surface area contributed by atoms with Gasteiger partial charge in [-0.25, -0.2) is 0 Å². The molecule has 2 amide bonds. The molecule has 0 saturated carbocycles. The highest BCUT2D eigenvalue weighted by molar-refractivity contribution is 7.18. The van der Waals surface area contributed by atoms with E-state index in [0.29, 0.717) is 21.8 Å². The van der Waals surface area contributed by atoms with Crippen LogP contribution in [0.25, 0.3) is 10.6 Å². The van der Waals surface area contributed by atoms with E-state index in [1.807, 2.05) is 30.3 Å². The lowest BCUT2D eigenvalue weighted by atomic mass is 10.1. The van der Waals surface area contributed by atoms with Crippen molar-refractivity contribution in [2.45, 2.75) is 6.42 Å². The second-order valence-electron chi connectivity index (χ2n) is 6.96. The predicted molar refractivity (Wildman–Crippen MR) is 125 cm³/mol. The molecule has 4 aromatic rings. The number of carbonyl (C=O) groups is 2. The molecule has 164 valence electrons. The third-order valence-electron chi connectivity index (χ3n) is 4.59. The van der Waals surface area contributed by atoms with Crippen molar-refractivity contribution in [2.75, 3.05) is 10.6 Å². The summed E-state index contributed by atoms with van der Waals surface area (Å²) in [7, 11) is 0. The van der Waals surface area contributed by atoms with Crippen LogP contribution in [0, 0.1) is 10.1 Å². The first-order valence-corrected chi connectivity index (χ1v) is 10.6. The normalized spacial score (nSPS) is 10.4. The first kappa shape index (κ1) is 21.8. The van der Waals surface area contributed by atoms with Crippen LogP contribution in [0.15, 0.2) is 78.9 Å². The van der Waals surface area contributed by atoms with Gasteiger partial charge in [0.15, 0.2) is 0 Å². The number of hydrogen-bond donors (Lipinski definition) is 2. The van der Waals surface area contributed by atoms with E-state index in [0.717, 1.165) is 16.9 Å². The topological polar surface area (TPSA) is 127 Å². The Morgan fingerprint density at radius 3 is 2.39 bits per heavy atom. The molecule has 0 aliphatic heterocycles. The largest absolute Gasteiger partial charge is 0.326 e. The molecular formula is C23H17N5O4S. The minimum Gasteiger partial charge on any atom is -0.326 e. The maximum absolute atomic E-state index is 12.6. The fraction of sp³-hybridized carbons (Fsp3) is 0.0435. The van der Waals surface area contributed by atoms with Crippen LogP contribution in [0.5, 0.6) is 0 Å². The van der Waals surface area contributed by atoms with Crippen molar-refractivity contribution in [3.8, 4) is 10.6 Å². The number of nitrogens with zero attached hydrogens (tertiary/aromatic N) is 3. The summed E-state index contributed by atoms with van der Waals surface area (Å²) in [5, 5.41) is 25.1. The van der Waals surface area contributed by atoms with Crippen molar-refractivity contribution in [1.82, 2.24) is 10.2 Å². The number of amides is 2. The number of nitro groups is 1. The third kappa shape index (κ3) is 5.63. The van der Waals surface area contributed by atoms with Crippen LogP contribution >= 0.6 is 11.3 Å². The Hall–Kier alpha value is -4.44. The van der Waals surface area contributed by atoms with Crippen LogP contribution in [-0.2, 0) is 11.2 Å². The number of anilines is 2. The van der Waals surface area contributed by atoms with Gasteiger partial charge in [-0.15, -0.1) is 10.2 Å². The lowest BCUT2D eigenvalue weighted by Gasteiger charge is -2.07. The summed E-state index contributed by atoms with van der Waals surface area (Å²) >= 11 is 1.15. The summed E-state index contributed by atoms with van der Waals surface area (Å²) in [5.74, 6) is -0.587. The Morgan fingerprint density at radius 1 is 0.909 bits per heavy atom. The summed E-state index contributed by atoms with van der Waals surface area (Å²) < 4.78 is 0. The van der Waals surface area contributed by atoms with E-state index in [-0.39, 0.29) is 23.1 Å². The van der Waals surface area contributed by atoms with Gasteiger partial charge in [-0.05, 0) is 35.9 Å². The van der Waals surface area contributed by atoms with Gasteiger partial charge in [-0.3, -0.25) is 25.0 Å². The van der Waals surface area contributed by atoms with E-state index >= 15 is 0 Å². The maximum atomic E-state index is 12.6. The molecule has 9 nitrogen and oxygen atoms in total. The molecular weight excluding hydrogens is 442 g/mol. The Morgan fingerprint density at radius 2 is 1.67 bits per heavy atom. The average molecular weight is 459 g/mol. The Labute approximate surface area is 192 Å². The standard InChI is InChI=1S/C23H17N5O4S/c29-20(13-15-5-2-1-3-6-15)24-18-8-4-7-17(14-18)21(30)25-23-27-26-22(33-23)16-9-11-19(12-10-16)28(31)32/h1-12,14H,13H2,(H,24,29)(H,25,27,30). The smallest absolute Gasteiger partial charge is 0.269 e. The van der Waals surface area contributed by atoms with Crippen molar-refractivity contribution in [3.05, 3.63) is 100 Å². The van der Waals surface area contributed by atoms with Gasteiger partial charge in [0.05, 0.1) is 11.3 Å². The molecule has 0 saturated heterocycles. The van der Waals surface area contributed by atoms with Crippen LogP contribution in [0.4, 0.5) is 16.5 Å². The zero-order valence-electron chi connectivity index (χ0n) is 17.1. The Balaban J connectivity index is 1.40. The molecule has 10 heteroatoms. The number of nitro benzene ring substituents is 1. The van der Waals surface area contributed by atoms with E-state index in [2.05, 4.69) is 20.8 Å². The monoisotopic (exact) mass is 459 g/mol. The summed E-state index contributed by atoms with van der Waals surface area (Å²) in [5.41, 5.74) is 2.38. The molecule has 0 radical (unpaired) electrons. The molecule has 0 unspecified atom stereocenters. The van der Waals surface area contributed by atoms with Crippen molar-refractivity contribution in [2.24, 2.45) is 0 Å². The highest BCUT2D eigenvalue weighted by Gasteiger charge is 2.13. The lowest BCUT2D eigenvalue weighted by Crippen LogP contribution is -2.16. The van der Waals surface area contributed by atoms with Crippen LogP contribution in [0.2, 0.25) is 0 Å². The first-order valence-electron chi connectivity index (χ1n) is 9.81. The average Bonchev–Trinajstić information content (AvgIpc) is 3.28. The molecule has 0 aliphatic carbocycles. The Kier molecular flexibility index (Phi) is 6.46. The van der Waals surface area contributed by atoms with Crippen LogP contribution in [-0.4, -0.2) is 26.9 Å². The molecule has 1 aromatic heterocycles. The van der Waals surface area contributed by atoms with Gasteiger partial charge >= 0.3 is 0 Å². The van der Waals surface area contributed by atoms with Gasteiger partial charge in [0.2, 0.25) is 11.0 Å². The van der Waals surface area contributed by atoms with Gasteiger partial charge in [0.1, 0.15) is 5.01 Å². The molecule has 0 atom stereocenters. The van der Waals surface area contributed by atoms with Gasteiger partial charge in [-0.2, -0.15) is 0 Å². The first-order chi connectivity index (χ1) is 16.0. The number of rotatable bonds is 7. The van der Waals surface area contributed by atoms with Crippen LogP contribution in [0.3, 0.4) is 0 Å². The summed E-state index contributed by atoms with van der Waals surface area (Å²) in [6.07, 6.45) is 0.230. The second-order valence-corrected chi connectivity index (χ2v) is 7.94. The molecule has 1 heterocycles. The quantitative estimate of drug-likeness (QED) is 0.308. The van der Waals surface area contributed by atoms with Gasteiger partial charge in [-0.1, -0.05) is 47.7 Å². The van der Waals surface area contributed by atoms with E-state index in [1.165, 1.54) is 12.1 Å². The van der Waals surface area contributed by atoms with E-state index in [9.17, 15) is 19.7 Å². The van der Waals surface area contributed by atoms with Crippen molar-refractivity contribution >= 4 is 39.7 Å². The van der Waals surface area contributed by atoms with Crippen LogP contribution < -0.4 is 10.6 Å². The van der Waals surface area contributed by atoms with Gasteiger partial charge in [0, 0.05) is 28.9 Å². The number of hydrogen-bond acceptors (Lipinski definition) is 7. The second kappa shape index (κ2) is 9.79. The fourth-order valence-corrected chi connectivity index (χ4v) is 3.75. The zero-order chi connectivity index (χ0) is 23.2. The number of non-ortho nitro benzene ring substituents is 1. The molecule has 0 bridgehead atoms. The number of aromatic nitrogens is 2. The minimum atomic E-state index is -0.478. The van der Waals surface area contributed by atoms with E-state index in [4.69, 9.17) is 0 Å². The molecule has 0 spiro atoms. The SMILES string of the molecule is O=C(Cc1ccccc1)Nc1cccc(C(=O)Nc2nnc(-c3ccc([N+](=O)[O-])cc3)s2)c1. The van der Waals surface area contributed by atoms with Gasteiger partial charge in [0.25, 0.3) is 11.6 Å². The number of nitrogens with one attached hydrogen (secondary N) is 2. The number of benzene rings is 3. The molecule has 3 aromatic carbocycles. The van der Waals surface area contributed by atoms with Gasteiger partial charge < -0.3 is 5.32 Å². The molecule has 2 N–H and O–H groups in total. The fourth-order valence-electron chi connectivity index (χ4n) is 3.01. The van der Waals surface area contributed by atoms with Crippen molar-refractivity contribution in [3.63, 3.8) is 0 Å². The van der Waals surface area contributed by atoms with E-state index < -0.39 is 10.8 Å². The minimum absolute atomic E-state index is 0.0208. The molecule has 4 rings (SSSR count). The summed E-state index contributed by atoms with van der Waals surface area (Å²) in [4.78, 5) is 35.2.